The lowest BCUT2D eigenvalue weighted by Gasteiger charge is -2.21. The third kappa shape index (κ3) is 3.16. The molecule has 0 radical (unpaired) electrons. The first-order valence-corrected chi connectivity index (χ1v) is 10.3. The second kappa shape index (κ2) is 6.49. The smallest absolute Gasteiger partial charge is 0.257 e. The highest BCUT2D eigenvalue weighted by molar-refractivity contribution is 8.16. The topological polar surface area (TPSA) is 64.9 Å². The van der Waals surface area contributed by atoms with Gasteiger partial charge in [0.05, 0.1) is 10.1 Å². The fourth-order valence-electron chi connectivity index (χ4n) is 3.24. The summed E-state index contributed by atoms with van der Waals surface area (Å²) in [5, 5.41) is 4.14. The van der Waals surface area contributed by atoms with Gasteiger partial charge in [0, 0.05) is 5.56 Å². The van der Waals surface area contributed by atoms with Gasteiger partial charge < -0.3 is 10.3 Å². The predicted octanol–water partition coefficient (Wildman–Crippen LogP) is 4.33. The summed E-state index contributed by atoms with van der Waals surface area (Å²) in [5.41, 5.74) is 8.35. The summed E-state index contributed by atoms with van der Waals surface area (Å²) in [4.78, 5) is 4.56. The van der Waals surface area contributed by atoms with E-state index in [1.165, 1.54) is 23.5 Å². The maximum Gasteiger partial charge on any atom is 0.257 e. The predicted molar refractivity (Wildman–Crippen MR) is 96.3 cm³/mol. The van der Waals surface area contributed by atoms with Crippen molar-refractivity contribution >= 4 is 23.5 Å². The first-order valence-electron chi connectivity index (χ1n) is 8.21. The number of nitrogens with zero attached hydrogens (tertiary/aromatic N) is 2. The molecule has 0 bridgehead atoms. The summed E-state index contributed by atoms with van der Waals surface area (Å²) in [6, 6.07) is 8.53. The van der Waals surface area contributed by atoms with E-state index >= 15 is 0 Å². The highest BCUT2D eigenvalue weighted by atomic mass is 32.2. The molecule has 1 aromatic heterocycles. The fourth-order valence-corrected chi connectivity index (χ4v) is 6.13. The Morgan fingerprint density at radius 3 is 2.43 bits per heavy atom. The van der Waals surface area contributed by atoms with Crippen LogP contribution in [0, 0.1) is 0 Å². The molecule has 4 nitrogen and oxygen atoms in total. The Labute approximate surface area is 145 Å². The standard InChI is InChI=1S/C17H21N3OS2/c18-17(8-1-2-9-17)16-19-14(21-20-16)12-4-6-13(7-5-12)15-22-10-3-11-23-15/h4-7,15H,1-3,8-11,18H2. The Bertz CT molecular complexity index is 659. The Kier molecular flexibility index (Phi) is 4.39. The van der Waals surface area contributed by atoms with Gasteiger partial charge in [-0.1, -0.05) is 30.1 Å². The summed E-state index contributed by atoms with van der Waals surface area (Å²) in [6.45, 7) is 0. The van der Waals surface area contributed by atoms with E-state index in [4.69, 9.17) is 10.3 Å². The lowest BCUT2D eigenvalue weighted by molar-refractivity contribution is 0.372. The Morgan fingerprint density at radius 2 is 1.74 bits per heavy atom. The van der Waals surface area contributed by atoms with E-state index in [2.05, 4.69) is 34.4 Å². The lowest BCUT2D eigenvalue weighted by atomic mass is 9.99. The van der Waals surface area contributed by atoms with Crippen LogP contribution < -0.4 is 5.73 Å². The second-order valence-corrected chi connectivity index (χ2v) is 9.06. The maximum absolute atomic E-state index is 6.40. The lowest BCUT2D eigenvalue weighted by Crippen LogP contribution is -2.34. The van der Waals surface area contributed by atoms with E-state index < -0.39 is 5.54 Å². The van der Waals surface area contributed by atoms with Crippen molar-refractivity contribution in [3.63, 3.8) is 0 Å². The van der Waals surface area contributed by atoms with Crippen LogP contribution in [0.15, 0.2) is 28.8 Å². The van der Waals surface area contributed by atoms with Crippen molar-refractivity contribution in [2.24, 2.45) is 5.73 Å². The normalized spacial score (nSPS) is 21.6. The zero-order valence-electron chi connectivity index (χ0n) is 13.0. The molecule has 0 atom stereocenters. The summed E-state index contributed by atoms with van der Waals surface area (Å²) >= 11 is 4.07. The molecule has 2 heterocycles. The van der Waals surface area contributed by atoms with E-state index in [9.17, 15) is 0 Å². The minimum Gasteiger partial charge on any atom is -0.334 e. The fraction of sp³-hybridized carbons (Fsp3) is 0.529. The summed E-state index contributed by atoms with van der Waals surface area (Å²) in [5.74, 6) is 3.75. The zero-order valence-corrected chi connectivity index (χ0v) is 14.7. The van der Waals surface area contributed by atoms with Crippen LogP contribution in [0.1, 0.15) is 48.1 Å². The van der Waals surface area contributed by atoms with Crippen molar-refractivity contribution in [3.8, 4) is 11.5 Å². The van der Waals surface area contributed by atoms with Crippen LogP contribution in [0.2, 0.25) is 0 Å². The summed E-state index contributed by atoms with van der Waals surface area (Å²) in [6.07, 6.45) is 5.50. The molecular formula is C17H21N3OS2. The van der Waals surface area contributed by atoms with Crippen molar-refractivity contribution in [1.29, 1.82) is 0 Å². The molecule has 6 heteroatoms. The van der Waals surface area contributed by atoms with Crippen LogP contribution in [0.25, 0.3) is 11.5 Å². The van der Waals surface area contributed by atoms with E-state index in [1.54, 1.807) is 0 Å². The Hall–Kier alpha value is -0.980. The van der Waals surface area contributed by atoms with Gasteiger partial charge in [0.1, 0.15) is 0 Å². The number of aromatic nitrogens is 2. The van der Waals surface area contributed by atoms with Crippen molar-refractivity contribution in [2.45, 2.75) is 42.2 Å². The van der Waals surface area contributed by atoms with Crippen LogP contribution in [0.3, 0.4) is 0 Å². The van der Waals surface area contributed by atoms with Gasteiger partial charge in [-0.15, -0.1) is 23.5 Å². The van der Waals surface area contributed by atoms with Gasteiger partial charge in [0.15, 0.2) is 5.82 Å². The van der Waals surface area contributed by atoms with Crippen LogP contribution >= 0.6 is 23.5 Å². The number of hydrogen-bond donors (Lipinski definition) is 1. The van der Waals surface area contributed by atoms with Crippen molar-refractivity contribution in [1.82, 2.24) is 10.1 Å². The monoisotopic (exact) mass is 347 g/mol. The molecule has 2 aromatic rings. The average Bonchev–Trinajstić information content (AvgIpc) is 3.26. The third-order valence-corrected chi connectivity index (χ3v) is 7.64. The third-order valence-electron chi connectivity index (χ3n) is 4.62. The number of hydrogen-bond acceptors (Lipinski definition) is 6. The Balaban J connectivity index is 1.53. The van der Waals surface area contributed by atoms with Crippen LogP contribution in [0.4, 0.5) is 0 Å². The first-order chi connectivity index (χ1) is 11.2. The largest absolute Gasteiger partial charge is 0.334 e. The minimum atomic E-state index is -0.392. The Morgan fingerprint density at radius 1 is 1.04 bits per heavy atom. The molecule has 1 aromatic carbocycles. The van der Waals surface area contributed by atoms with E-state index in [0.29, 0.717) is 16.3 Å². The molecule has 23 heavy (non-hydrogen) atoms. The molecule has 0 amide bonds. The second-order valence-electron chi connectivity index (χ2n) is 6.34. The number of benzene rings is 1. The number of rotatable bonds is 3. The summed E-state index contributed by atoms with van der Waals surface area (Å²) < 4.78 is 6.02. The van der Waals surface area contributed by atoms with Gasteiger partial charge in [-0.25, -0.2) is 0 Å². The van der Waals surface area contributed by atoms with Gasteiger partial charge >= 0.3 is 0 Å². The molecule has 1 aliphatic carbocycles. The summed E-state index contributed by atoms with van der Waals surface area (Å²) in [7, 11) is 0. The number of thioether (sulfide) groups is 2. The van der Waals surface area contributed by atoms with Gasteiger partial charge in [0.2, 0.25) is 0 Å². The van der Waals surface area contributed by atoms with Gasteiger partial charge in [-0.3, -0.25) is 0 Å². The first kappa shape index (κ1) is 15.5. The molecular weight excluding hydrogens is 326 g/mol. The van der Waals surface area contributed by atoms with Crippen LogP contribution in [-0.4, -0.2) is 21.6 Å². The molecule has 4 rings (SSSR count). The SMILES string of the molecule is NC1(c2noc(-c3ccc(C4SCCCS4)cc3)n2)CCCC1. The van der Waals surface area contributed by atoms with E-state index in [0.717, 1.165) is 31.2 Å². The van der Waals surface area contributed by atoms with Gasteiger partial charge in [-0.05, 0) is 48.5 Å². The van der Waals surface area contributed by atoms with Crippen LogP contribution in [-0.2, 0) is 5.54 Å². The molecule has 1 saturated heterocycles. The highest BCUT2D eigenvalue weighted by Crippen LogP contribution is 2.44. The quantitative estimate of drug-likeness (QED) is 0.891. The highest BCUT2D eigenvalue weighted by Gasteiger charge is 2.36. The molecule has 1 aliphatic heterocycles. The molecule has 2 fully saturated rings. The maximum atomic E-state index is 6.40. The average molecular weight is 348 g/mol. The van der Waals surface area contributed by atoms with E-state index in [1.807, 2.05) is 23.5 Å². The zero-order chi connectivity index (χ0) is 15.7. The van der Waals surface area contributed by atoms with E-state index in [-0.39, 0.29) is 0 Å². The van der Waals surface area contributed by atoms with Crippen molar-refractivity contribution in [2.75, 3.05) is 11.5 Å². The molecule has 122 valence electrons. The molecule has 1 saturated carbocycles. The molecule has 0 spiro atoms. The van der Waals surface area contributed by atoms with Gasteiger partial charge in [-0.2, -0.15) is 4.98 Å². The van der Waals surface area contributed by atoms with Crippen LogP contribution in [0.5, 0.6) is 0 Å². The number of nitrogens with two attached hydrogens (primary N) is 1. The molecule has 2 N–H and O–H groups in total. The minimum absolute atomic E-state index is 0.392. The van der Waals surface area contributed by atoms with Crippen molar-refractivity contribution in [3.05, 3.63) is 35.7 Å². The van der Waals surface area contributed by atoms with Gasteiger partial charge in [0.25, 0.3) is 5.89 Å². The molecule has 2 aliphatic rings. The molecule has 0 unspecified atom stereocenters. The van der Waals surface area contributed by atoms with Crippen molar-refractivity contribution < 1.29 is 4.52 Å².